The van der Waals surface area contributed by atoms with Crippen LogP contribution in [0.5, 0.6) is 0 Å². The highest BCUT2D eigenvalue weighted by Gasteiger charge is 2.54. The average Bonchev–Trinajstić information content (AvgIpc) is 2.15. The summed E-state index contributed by atoms with van der Waals surface area (Å²) < 4.78 is 5.28. The van der Waals surface area contributed by atoms with Gasteiger partial charge < -0.3 is 4.74 Å². The van der Waals surface area contributed by atoms with E-state index in [-0.39, 0.29) is 17.8 Å². The van der Waals surface area contributed by atoms with Gasteiger partial charge in [-0.3, -0.25) is 4.79 Å². The van der Waals surface area contributed by atoms with Crippen LogP contribution in [0, 0.1) is 16.7 Å². The third kappa shape index (κ3) is 1.66. The van der Waals surface area contributed by atoms with Crippen molar-refractivity contribution in [3.05, 3.63) is 4.91 Å². The molecule has 0 aromatic carbocycles. The molecule has 0 N–H and O–H groups in total. The number of carbonyl (C=O) groups is 1. The van der Waals surface area contributed by atoms with Crippen molar-refractivity contribution in [2.75, 3.05) is 0 Å². The van der Waals surface area contributed by atoms with Gasteiger partial charge in [-0.05, 0) is 30.9 Å². The highest BCUT2D eigenvalue weighted by Crippen LogP contribution is 2.50. The van der Waals surface area contributed by atoms with E-state index in [9.17, 15) is 9.70 Å². The zero-order chi connectivity index (χ0) is 10.9. The minimum absolute atomic E-state index is 0.159. The quantitative estimate of drug-likeness (QED) is 0.521. The summed E-state index contributed by atoms with van der Waals surface area (Å²) in [5.74, 6) is -0.0637. The van der Waals surface area contributed by atoms with Crippen molar-refractivity contribution in [1.29, 1.82) is 0 Å². The zero-order valence-corrected chi connectivity index (χ0v) is 9.07. The van der Waals surface area contributed by atoms with Crippen LogP contribution in [0.3, 0.4) is 0 Å². The predicted octanol–water partition coefficient (Wildman–Crippen LogP) is 2.61. The van der Waals surface area contributed by atoms with Crippen molar-refractivity contribution in [2.24, 2.45) is 17.0 Å². The number of esters is 1. The molecule has 15 heavy (non-hydrogen) atoms. The molecule has 4 nitrogen and oxygen atoms in total. The molecule has 2 fully saturated rings. The molecule has 0 aromatic rings. The van der Waals surface area contributed by atoms with Gasteiger partial charge in [0.15, 0.2) is 0 Å². The lowest BCUT2D eigenvalue weighted by molar-refractivity contribution is -0.184. The summed E-state index contributed by atoms with van der Waals surface area (Å²) in [6.45, 7) is 1.36. The molecule has 0 saturated heterocycles. The SMILES string of the molecule is CC(=O)OC1(N=O)C2CCCC1CCC2. The van der Waals surface area contributed by atoms with Gasteiger partial charge in [0.25, 0.3) is 0 Å². The molecule has 0 spiro atoms. The summed E-state index contributed by atoms with van der Waals surface area (Å²) in [7, 11) is 0. The summed E-state index contributed by atoms with van der Waals surface area (Å²) >= 11 is 0. The lowest BCUT2D eigenvalue weighted by atomic mass is 9.66. The van der Waals surface area contributed by atoms with Crippen LogP contribution in [-0.4, -0.2) is 11.7 Å². The average molecular weight is 211 g/mol. The Morgan fingerprint density at radius 2 is 1.67 bits per heavy atom. The van der Waals surface area contributed by atoms with Crippen LogP contribution < -0.4 is 0 Å². The highest BCUT2D eigenvalue weighted by molar-refractivity contribution is 5.66. The molecule has 0 aromatic heterocycles. The third-order valence-electron chi connectivity index (χ3n) is 3.83. The monoisotopic (exact) mass is 211 g/mol. The maximum absolute atomic E-state index is 11.1. The van der Waals surface area contributed by atoms with Gasteiger partial charge in [-0.25, -0.2) is 0 Å². The molecule has 0 unspecified atom stereocenters. The summed E-state index contributed by atoms with van der Waals surface area (Å²) in [6, 6.07) is 0. The van der Waals surface area contributed by atoms with E-state index in [0.29, 0.717) is 0 Å². The molecule has 4 heteroatoms. The standard InChI is InChI=1S/C11H17NO3/c1-8(13)15-11(12-14)9-4-2-5-10(11)7-3-6-9/h9-10H,2-7H2,1H3. The molecule has 0 radical (unpaired) electrons. The normalized spacial score (nSPS) is 39.5. The Balaban J connectivity index is 2.27. The van der Waals surface area contributed by atoms with Gasteiger partial charge in [-0.15, -0.1) is 4.91 Å². The van der Waals surface area contributed by atoms with Gasteiger partial charge in [-0.2, -0.15) is 0 Å². The summed E-state index contributed by atoms with van der Waals surface area (Å²) in [4.78, 5) is 22.2. The smallest absolute Gasteiger partial charge is 0.304 e. The minimum atomic E-state index is -1.03. The van der Waals surface area contributed by atoms with Crippen LogP contribution in [0.2, 0.25) is 0 Å². The van der Waals surface area contributed by atoms with Gasteiger partial charge in [0, 0.05) is 18.8 Å². The van der Waals surface area contributed by atoms with Crippen molar-refractivity contribution < 1.29 is 9.53 Å². The van der Waals surface area contributed by atoms with Crippen LogP contribution in [0.4, 0.5) is 0 Å². The second-order valence-corrected chi connectivity index (χ2v) is 4.69. The van der Waals surface area contributed by atoms with E-state index < -0.39 is 5.72 Å². The van der Waals surface area contributed by atoms with Crippen LogP contribution >= 0.6 is 0 Å². The third-order valence-corrected chi connectivity index (χ3v) is 3.83. The van der Waals surface area contributed by atoms with Crippen LogP contribution in [-0.2, 0) is 9.53 Å². The predicted molar refractivity (Wildman–Crippen MR) is 55.0 cm³/mol. The van der Waals surface area contributed by atoms with E-state index in [4.69, 9.17) is 4.74 Å². The van der Waals surface area contributed by atoms with Crippen molar-refractivity contribution in [3.8, 4) is 0 Å². The Kier molecular flexibility index (Phi) is 2.76. The van der Waals surface area contributed by atoms with Gasteiger partial charge in [0.1, 0.15) is 0 Å². The fraction of sp³-hybridized carbons (Fsp3) is 0.909. The number of carbonyl (C=O) groups excluding carboxylic acids is 1. The first-order valence-electron chi connectivity index (χ1n) is 5.73. The maximum Gasteiger partial charge on any atom is 0.304 e. The summed E-state index contributed by atoms with van der Waals surface area (Å²) in [5, 5.41) is 3.21. The van der Waals surface area contributed by atoms with Gasteiger partial charge >= 0.3 is 5.97 Å². The van der Waals surface area contributed by atoms with Crippen molar-refractivity contribution in [3.63, 3.8) is 0 Å². The molecule has 0 aliphatic heterocycles. The van der Waals surface area contributed by atoms with Crippen molar-refractivity contribution in [2.45, 2.75) is 51.2 Å². The number of nitroso groups, excluding NO2 is 1. The van der Waals surface area contributed by atoms with E-state index >= 15 is 0 Å². The first-order chi connectivity index (χ1) is 7.19. The van der Waals surface area contributed by atoms with Gasteiger partial charge in [-0.1, -0.05) is 12.8 Å². The van der Waals surface area contributed by atoms with Gasteiger partial charge in [0.2, 0.25) is 5.72 Å². The Hall–Kier alpha value is -0.930. The van der Waals surface area contributed by atoms with E-state index in [0.717, 1.165) is 38.5 Å². The maximum atomic E-state index is 11.1. The molecular formula is C11H17NO3. The minimum Gasteiger partial charge on any atom is -0.433 e. The topological polar surface area (TPSA) is 55.7 Å². The van der Waals surface area contributed by atoms with Crippen molar-refractivity contribution >= 4 is 5.97 Å². The highest BCUT2D eigenvalue weighted by atomic mass is 16.6. The molecule has 2 saturated carbocycles. The second-order valence-electron chi connectivity index (χ2n) is 4.69. The first kappa shape index (κ1) is 10.6. The van der Waals surface area contributed by atoms with Crippen LogP contribution in [0.15, 0.2) is 5.18 Å². The number of fused-ring (bicyclic) bond motifs is 2. The fourth-order valence-corrected chi connectivity index (χ4v) is 3.24. The Labute approximate surface area is 89.3 Å². The molecule has 2 aliphatic rings. The fourth-order valence-electron chi connectivity index (χ4n) is 3.24. The van der Waals surface area contributed by atoms with Crippen LogP contribution in [0.1, 0.15) is 45.4 Å². The first-order valence-corrected chi connectivity index (χ1v) is 5.73. The molecule has 84 valence electrons. The second kappa shape index (κ2) is 3.91. The van der Waals surface area contributed by atoms with E-state index in [1.807, 2.05) is 0 Å². The molecule has 2 rings (SSSR count). The van der Waals surface area contributed by atoms with E-state index in [1.54, 1.807) is 0 Å². The lowest BCUT2D eigenvalue weighted by Crippen LogP contribution is -2.51. The number of rotatable bonds is 2. The molecule has 0 heterocycles. The van der Waals surface area contributed by atoms with Gasteiger partial charge in [0.05, 0.1) is 0 Å². The number of hydrogen-bond donors (Lipinski definition) is 0. The Morgan fingerprint density at radius 1 is 1.20 bits per heavy atom. The molecular weight excluding hydrogens is 194 g/mol. The largest absolute Gasteiger partial charge is 0.433 e. The number of hydrogen-bond acceptors (Lipinski definition) is 4. The molecule has 0 amide bonds. The Morgan fingerprint density at radius 3 is 2.00 bits per heavy atom. The molecule has 2 bridgehead atoms. The summed E-state index contributed by atoms with van der Waals surface area (Å²) in [6.07, 6.45) is 6.14. The molecule has 2 aliphatic carbocycles. The zero-order valence-electron chi connectivity index (χ0n) is 9.07. The Bertz CT molecular complexity index is 255. The number of ether oxygens (including phenoxy) is 1. The van der Waals surface area contributed by atoms with E-state index in [1.165, 1.54) is 6.92 Å². The summed E-state index contributed by atoms with van der Waals surface area (Å²) in [5.41, 5.74) is -1.03. The van der Waals surface area contributed by atoms with Crippen LogP contribution in [0.25, 0.3) is 0 Å². The number of nitrogens with zero attached hydrogens (tertiary/aromatic N) is 1. The lowest BCUT2D eigenvalue weighted by Gasteiger charge is -2.46. The van der Waals surface area contributed by atoms with E-state index in [2.05, 4.69) is 5.18 Å². The van der Waals surface area contributed by atoms with Crippen molar-refractivity contribution in [1.82, 2.24) is 0 Å². The molecule has 0 atom stereocenters.